The van der Waals surface area contributed by atoms with Gasteiger partial charge < -0.3 is 9.84 Å². The summed E-state index contributed by atoms with van der Waals surface area (Å²) >= 11 is 0. The third kappa shape index (κ3) is 2.43. The SMILES string of the molecule is C=C1[C@@H](C(C)(C)CO)CC(=O)N1c1ccc(OC)cc1. The zero-order chi connectivity index (χ0) is 14.9. The lowest BCUT2D eigenvalue weighted by Gasteiger charge is -2.30. The Bertz CT molecular complexity index is 519. The van der Waals surface area contributed by atoms with Gasteiger partial charge in [0.05, 0.1) is 7.11 Å². The number of amides is 1. The van der Waals surface area contributed by atoms with Gasteiger partial charge in [-0.2, -0.15) is 0 Å². The van der Waals surface area contributed by atoms with Crippen molar-refractivity contribution in [1.82, 2.24) is 0 Å². The normalized spacial score (nSPS) is 19.6. The highest BCUT2D eigenvalue weighted by Gasteiger charge is 2.42. The second kappa shape index (κ2) is 5.29. The fourth-order valence-electron chi connectivity index (χ4n) is 2.58. The lowest BCUT2D eigenvalue weighted by atomic mass is 9.77. The van der Waals surface area contributed by atoms with Crippen LogP contribution in [0.4, 0.5) is 5.69 Å². The van der Waals surface area contributed by atoms with E-state index < -0.39 is 0 Å². The number of hydrogen-bond acceptors (Lipinski definition) is 3. The van der Waals surface area contributed by atoms with E-state index in [0.717, 1.165) is 17.1 Å². The van der Waals surface area contributed by atoms with Gasteiger partial charge >= 0.3 is 0 Å². The van der Waals surface area contributed by atoms with Gasteiger partial charge in [-0.25, -0.2) is 0 Å². The molecular weight excluding hydrogens is 254 g/mol. The fraction of sp³-hybridized carbons (Fsp3) is 0.438. The first-order valence-corrected chi connectivity index (χ1v) is 6.67. The third-order valence-corrected chi connectivity index (χ3v) is 4.00. The topological polar surface area (TPSA) is 49.8 Å². The second-order valence-corrected chi connectivity index (χ2v) is 5.82. The summed E-state index contributed by atoms with van der Waals surface area (Å²) < 4.78 is 5.12. The van der Waals surface area contributed by atoms with Crippen molar-refractivity contribution >= 4 is 11.6 Å². The average molecular weight is 275 g/mol. The summed E-state index contributed by atoms with van der Waals surface area (Å²) in [7, 11) is 1.61. The molecule has 0 bridgehead atoms. The highest BCUT2D eigenvalue weighted by Crippen LogP contribution is 2.43. The number of aliphatic hydroxyl groups is 1. The number of nitrogens with zero attached hydrogens (tertiary/aromatic N) is 1. The Morgan fingerprint density at radius 2 is 2.00 bits per heavy atom. The third-order valence-electron chi connectivity index (χ3n) is 4.00. The van der Waals surface area contributed by atoms with E-state index in [4.69, 9.17) is 4.74 Å². The van der Waals surface area contributed by atoms with Gasteiger partial charge in [-0.05, 0) is 29.7 Å². The molecule has 1 heterocycles. The summed E-state index contributed by atoms with van der Waals surface area (Å²) in [5, 5.41) is 9.50. The molecule has 1 aromatic rings. The highest BCUT2D eigenvalue weighted by atomic mass is 16.5. The fourth-order valence-corrected chi connectivity index (χ4v) is 2.58. The van der Waals surface area contributed by atoms with E-state index in [1.54, 1.807) is 12.0 Å². The van der Waals surface area contributed by atoms with E-state index in [2.05, 4.69) is 6.58 Å². The molecule has 0 unspecified atom stereocenters. The molecule has 0 aromatic heterocycles. The number of ether oxygens (including phenoxy) is 1. The number of allylic oxidation sites excluding steroid dienone is 1. The minimum atomic E-state index is -0.353. The zero-order valence-corrected chi connectivity index (χ0v) is 12.2. The lowest BCUT2D eigenvalue weighted by Crippen LogP contribution is -2.29. The van der Waals surface area contributed by atoms with Crippen molar-refractivity contribution in [2.24, 2.45) is 11.3 Å². The molecular formula is C16H21NO3. The van der Waals surface area contributed by atoms with Crippen LogP contribution in [0, 0.1) is 11.3 Å². The number of methoxy groups -OCH3 is 1. The summed E-state index contributed by atoms with van der Waals surface area (Å²) in [6.45, 7) is 8.00. The van der Waals surface area contributed by atoms with Crippen LogP contribution in [-0.2, 0) is 4.79 Å². The maximum Gasteiger partial charge on any atom is 0.231 e. The molecule has 0 radical (unpaired) electrons. The van der Waals surface area contributed by atoms with Crippen molar-refractivity contribution in [2.45, 2.75) is 20.3 Å². The number of carbonyl (C=O) groups excluding carboxylic acids is 1. The van der Waals surface area contributed by atoms with Crippen LogP contribution < -0.4 is 9.64 Å². The van der Waals surface area contributed by atoms with Crippen LogP contribution in [0.15, 0.2) is 36.5 Å². The van der Waals surface area contributed by atoms with Gasteiger partial charge in [0, 0.05) is 30.3 Å². The second-order valence-electron chi connectivity index (χ2n) is 5.82. The van der Waals surface area contributed by atoms with E-state index in [1.807, 2.05) is 38.1 Å². The summed E-state index contributed by atoms with van der Waals surface area (Å²) in [6, 6.07) is 7.33. The van der Waals surface area contributed by atoms with Crippen LogP contribution in [0.2, 0.25) is 0 Å². The Kier molecular flexibility index (Phi) is 3.86. The molecule has 20 heavy (non-hydrogen) atoms. The van der Waals surface area contributed by atoms with Crippen LogP contribution in [0.1, 0.15) is 20.3 Å². The highest BCUT2D eigenvalue weighted by molar-refractivity contribution is 5.99. The van der Waals surface area contributed by atoms with Gasteiger partial charge in [0.1, 0.15) is 5.75 Å². The first-order valence-electron chi connectivity index (χ1n) is 6.67. The molecule has 1 N–H and O–H groups in total. The minimum absolute atomic E-state index is 0.0201. The lowest BCUT2D eigenvalue weighted by molar-refractivity contribution is -0.117. The molecule has 2 rings (SSSR count). The molecule has 0 saturated carbocycles. The molecule has 0 spiro atoms. The Labute approximate surface area is 119 Å². The van der Waals surface area contributed by atoms with Crippen molar-refractivity contribution < 1.29 is 14.6 Å². The van der Waals surface area contributed by atoms with Crippen LogP contribution in [0.3, 0.4) is 0 Å². The molecule has 108 valence electrons. The summed E-state index contributed by atoms with van der Waals surface area (Å²) in [5.74, 6) is 0.729. The van der Waals surface area contributed by atoms with Crippen LogP contribution in [0.5, 0.6) is 5.75 Å². The van der Waals surface area contributed by atoms with E-state index in [0.29, 0.717) is 6.42 Å². The molecule has 0 aliphatic carbocycles. The standard InChI is InChI=1S/C16H21NO3/c1-11-14(16(2,3)10-18)9-15(19)17(11)12-5-7-13(20-4)8-6-12/h5-8,14,18H,1,9-10H2,2-4H3/t14-/m0/s1. The molecule has 1 amide bonds. The molecule has 1 saturated heterocycles. The maximum atomic E-state index is 12.3. The predicted octanol–water partition coefficient (Wildman–Crippen LogP) is 2.58. The number of rotatable bonds is 4. The number of carbonyl (C=O) groups is 1. The van der Waals surface area contributed by atoms with Crippen LogP contribution >= 0.6 is 0 Å². The Hall–Kier alpha value is -1.81. The van der Waals surface area contributed by atoms with E-state index >= 15 is 0 Å². The van der Waals surface area contributed by atoms with Gasteiger partial charge in [0.15, 0.2) is 0 Å². The minimum Gasteiger partial charge on any atom is -0.497 e. The van der Waals surface area contributed by atoms with Crippen molar-refractivity contribution in [1.29, 1.82) is 0 Å². The molecule has 1 fully saturated rings. The molecule has 1 atom stereocenters. The van der Waals surface area contributed by atoms with Crippen molar-refractivity contribution in [2.75, 3.05) is 18.6 Å². The largest absolute Gasteiger partial charge is 0.497 e. The smallest absolute Gasteiger partial charge is 0.231 e. The molecule has 1 aliphatic rings. The van der Waals surface area contributed by atoms with E-state index in [-0.39, 0.29) is 23.8 Å². The first-order chi connectivity index (χ1) is 9.40. The average Bonchev–Trinajstić information content (AvgIpc) is 2.75. The molecule has 1 aliphatic heterocycles. The van der Waals surface area contributed by atoms with Crippen LogP contribution in [-0.4, -0.2) is 24.7 Å². The molecule has 4 nitrogen and oxygen atoms in total. The quantitative estimate of drug-likeness (QED) is 0.918. The Morgan fingerprint density at radius 1 is 1.40 bits per heavy atom. The van der Waals surface area contributed by atoms with Crippen molar-refractivity contribution in [3.63, 3.8) is 0 Å². The Balaban J connectivity index is 2.28. The summed E-state index contributed by atoms with van der Waals surface area (Å²) in [6.07, 6.45) is 0.387. The van der Waals surface area contributed by atoms with E-state index in [9.17, 15) is 9.90 Å². The van der Waals surface area contributed by atoms with Gasteiger partial charge in [0.2, 0.25) is 5.91 Å². The Morgan fingerprint density at radius 3 is 2.50 bits per heavy atom. The van der Waals surface area contributed by atoms with Gasteiger partial charge in [-0.3, -0.25) is 9.69 Å². The zero-order valence-electron chi connectivity index (χ0n) is 12.2. The van der Waals surface area contributed by atoms with E-state index in [1.165, 1.54) is 0 Å². The number of aliphatic hydroxyl groups excluding tert-OH is 1. The number of anilines is 1. The first kappa shape index (κ1) is 14.6. The van der Waals surface area contributed by atoms with Gasteiger partial charge in [-0.15, -0.1) is 0 Å². The van der Waals surface area contributed by atoms with Gasteiger partial charge in [0.25, 0.3) is 0 Å². The number of hydrogen-bond donors (Lipinski definition) is 1. The monoisotopic (exact) mass is 275 g/mol. The van der Waals surface area contributed by atoms with Gasteiger partial charge in [-0.1, -0.05) is 20.4 Å². The van der Waals surface area contributed by atoms with Crippen molar-refractivity contribution in [3.05, 3.63) is 36.5 Å². The summed E-state index contributed by atoms with van der Waals surface area (Å²) in [4.78, 5) is 13.9. The molecule has 4 heteroatoms. The summed E-state index contributed by atoms with van der Waals surface area (Å²) in [5.41, 5.74) is 1.18. The van der Waals surface area contributed by atoms with Crippen LogP contribution in [0.25, 0.3) is 0 Å². The molecule has 1 aromatic carbocycles. The number of benzene rings is 1. The van der Waals surface area contributed by atoms with Crippen molar-refractivity contribution in [3.8, 4) is 5.75 Å². The predicted molar refractivity (Wildman–Crippen MR) is 78.6 cm³/mol. The maximum absolute atomic E-state index is 12.3.